The number of ether oxygens (including phenoxy) is 1. The molecule has 0 fully saturated rings. The van der Waals surface area contributed by atoms with E-state index in [1.165, 1.54) is 19.3 Å². The fourth-order valence-electron chi connectivity index (χ4n) is 1.59. The fraction of sp³-hybridized carbons (Fsp3) is 0.500. The monoisotopic (exact) mass is 217 g/mol. The zero-order valence-electron chi connectivity index (χ0n) is 10.1. The van der Waals surface area contributed by atoms with Crippen LogP contribution in [-0.4, -0.2) is 6.61 Å². The second-order valence-electron chi connectivity index (χ2n) is 4.00. The molecule has 0 aliphatic heterocycles. The molecule has 1 rings (SSSR count). The van der Waals surface area contributed by atoms with E-state index in [1.54, 1.807) is 6.07 Å². The molecule has 0 unspecified atom stereocenters. The van der Waals surface area contributed by atoms with Crippen molar-refractivity contribution in [3.05, 3.63) is 29.3 Å². The van der Waals surface area contributed by atoms with E-state index in [2.05, 4.69) is 13.0 Å². The van der Waals surface area contributed by atoms with Gasteiger partial charge in [-0.05, 0) is 37.1 Å². The van der Waals surface area contributed by atoms with Gasteiger partial charge in [-0.25, -0.2) is 0 Å². The van der Waals surface area contributed by atoms with Crippen LogP contribution in [0, 0.1) is 18.3 Å². The van der Waals surface area contributed by atoms with Gasteiger partial charge in [0.25, 0.3) is 0 Å². The summed E-state index contributed by atoms with van der Waals surface area (Å²) in [5.74, 6) is 0.899. The summed E-state index contributed by atoms with van der Waals surface area (Å²) in [5, 5.41) is 8.74. The largest absolute Gasteiger partial charge is 0.493 e. The molecule has 0 radical (unpaired) electrons. The lowest BCUT2D eigenvalue weighted by Gasteiger charge is -2.08. The molecule has 0 heterocycles. The molecular weight excluding hydrogens is 198 g/mol. The molecule has 0 N–H and O–H groups in total. The molecular formula is C14H19NO. The first kappa shape index (κ1) is 12.6. The number of nitrogens with zero attached hydrogens (tertiary/aromatic N) is 1. The first-order valence-corrected chi connectivity index (χ1v) is 5.91. The zero-order chi connectivity index (χ0) is 11.8. The fourth-order valence-corrected chi connectivity index (χ4v) is 1.59. The lowest BCUT2D eigenvalue weighted by Crippen LogP contribution is -1.99. The van der Waals surface area contributed by atoms with Crippen LogP contribution in [0.4, 0.5) is 0 Å². The molecule has 0 saturated heterocycles. The summed E-state index contributed by atoms with van der Waals surface area (Å²) >= 11 is 0. The maximum absolute atomic E-state index is 8.74. The Balaban J connectivity index is 2.40. The third-order valence-corrected chi connectivity index (χ3v) is 2.56. The number of rotatable bonds is 6. The van der Waals surface area contributed by atoms with Crippen molar-refractivity contribution in [3.63, 3.8) is 0 Å². The lowest BCUT2D eigenvalue weighted by atomic mass is 10.1. The zero-order valence-corrected chi connectivity index (χ0v) is 10.1. The van der Waals surface area contributed by atoms with Crippen molar-refractivity contribution in [1.29, 1.82) is 5.26 Å². The Labute approximate surface area is 97.9 Å². The average Bonchev–Trinajstić information content (AvgIpc) is 2.30. The molecule has 0 aliphatic rings. The van der Waals surface area contributed by atoms with Gasteiger partial charge in [-0.15, -0.1) is 0 Å². The maximum Gasteiger partial charge on any atom is 0.122 e. The molecule has 0 aliphatic carbocycles. The van der Waals surface area contributed by atoms with E-state index < -0.39 is 0 Å². The second-order valence-corrected chi connectivity index (χ2v) is 4.00. The Morgan fingerprint density at radius 3 is 2.69 bits per heavy atom. The van der Waals surface area contributed by atoms with Crippen LogP contribution in [0.15, 0.2) is 18.2 Å². The molecule has 2 nitrogen and oxygen atoms in total. The predicted molar refractivity (Wildman–Crippen MR) is 65.5 cm³/mol. The Morgan fingerprint density at radius 2 is 2.06 bits per heavy atom. The van der Waals surface area contributed by atoms with Crippen LogP contribution in [0.1, 0.15) is 43.7 Å². The van der Waals surface area contributed by atoms with Crippen molar-refractivity contribution in [2.45, 2.75) is 39.5 Å². The topological polar surface area (TPSA) is 33.0 Å². The summed E-state index contributed by atoms with van der Waals surface area (Å²) in [6.45, 7) is 4.95. The third kappa shape index (κ3) is 3.94. The SMILES string of the molecule is CCCCCCOc1ccc(C#N)cc1C. The summed E-state index contributed by atoms with van der Waals surface area (Å²) in [7, 11) is 0. The smallest absolute Gasteiger partial charge is 0.122 e. The van der Waals surface area contributed by atoms with Gasteiger partial charge < -0.3 is 4.74 Å². The number of hydrogen-bond donors (Lipinski definition) is 0. The number of aryl methyl sites for hydroxylation is 1. The van der Waals surface area contributed by atoms with Crippen molar-refractivity contribution >= 4 is 0 Å². The number of unbranched alkanes of at least 4 members (excludes halogenated alkanes) is 3. The van der Waals surface area contributed by atoms with E-state index in [-0.39, 0.29) is 0 Å². The highest BCUT2D eigenvalue weighted by atomic mass is 16.5. The number of hydrogen-bond acceptors (Lipinski definition) is 2. The highest BCUT2D eigenvalue weighted by Crippen LogP contribution is 2.19. The first-order chi connectivity index (χ1) is 7.77. The van der Waals surface area contributed by atoms with Crippen molar-refractivity contribution in [2.75, 3.05) is 6.61 Å². The highest BCUT2D eigenvalue weighted by molar-refractivity contribution is 5.41. The minimum atomic E-state index is 0.691. The molecule has 0 atom stereocenters. The Bertz CT molecular complexity index is 365. The van der Waals surface area contributed by atoms with Crippen LogP contribution in [0.25, 0.3) is 0 Å². The van der Waals surface area contributed by atoms with Gasteiger partial charge in [0.2, 0.25) is 0 Å². The van der Waals surface area contributed by atoms with Gasteiger partial charge in [0.05, 0.1) is 18.2 Å². The van der Waals surface area contributed by atoms with Gasteiger partial charge in [0.15, 0.2) is 0 Å². The Hall–Kier alpha value is -1.49. The van der Waals surface area contributed by atoms with Crippen LogP contribution in [0.2, 0.25) is 0 Å². The summed E-state index contributed by atoms with van der Waals surface area (Å²) in [4.78, 5) is 0. The van der Waals surface area contributed by atoms with Gasteiger partial charge >= 0.3 is 0 Å². The van der Waals surface area contributed by atoms with Crippen LogP contribution >= 0.6 is 0 Å². The number of benzene rings is 1. The van der Waals surface area contributed by atoms with Gasteiger partial charge in [-0.1, -0.05) is 26.2 Å². The normalized spacial score (nSPS) is 9.81. The molecule has 0 spiro atoms. The average molecular weight is 217 g/mol. The van der Waals surface area contributed by atoms with Crippen LogP contribution in [-0.2, 0) is 0 Å². The predicted octanol–water partition coefficient (Wildman–Crippen LogP) is 3.83. The van der Waals surface area contributed by atoms with Crippen molar-refractivity contribution in [1.82, 2.24) is 0 Å². The maximum atomic E-state index is 8.74. The molecule has 2 heteroatoms. The quantitative estimate of drug-likeness (QED) is 0.678. The van der Waals surface area contributed by atoms with Crippen molar-refractivity contribution in [2.24, 2.45) is 0 Å². The van der Waals surface area contributed by atoms with Gasteiger partial charge in [0.1, 0.15) is 5.75 Å². The van der Waals surface area contributed by atoms with Gasteiger partial charge in [-0.3, -0.25) is 0 Å². The van der Waals surface area contributed by atoms with Gasteiger partial charge in [0, 0.05) is 0 Å². The Morgan fingerprint density at radius 1 is 1.25 bits per heavy atom. The van der Waals surface area contributed by atoms with Crippen LogP contribution in [0.5, 0.6) is 5.75 Å². The number of nitriles is 1. The lowest BCUT2D eigenvalue weighted by molar-refractivity contribution is 0.303. The summed E-state index contributed by atoms with van der Waals surface area (Å²) in [5.41, 5.74) is 1.73. The van der Waals surface area contributed by atoms with E-state index in [1.807, 2.05) is 19.1 Å². The highest BCUT2D eigenvalue weighted by Gasteiger charge is 2.00. The van der Waals surface area contributed by atoms with Gasteiger partial charge in [-0.2, -0.15) is 5.26 Å². The minimum Gasteiger partial charge on any atom is -0.493 e. The van der Waals surface area contributed by atoms with E-state index in [0.717, 1.165) is 24.3 Å². The molecule has 0 aromatic heterocycles. The van der Waals surface area contributed by atoms with E-state index >= 15 is 0 Å². The van der Waals surface area contributed by atoms with Crippen LogP contribution in [0.3, 0.4) is 0 Å². The molecule has 1 aromatic rings. The molecule has 0 amide bonds. The third-order valence-electron chi connectivity index (χ3n) is 2.56. The molecule has 1 aromatic carbocycles. The van der Waals surface area contributed by atoms with E-state index in [9.17, 15) is 0 Å². The van der Waals surface area contributed by atoms with Crippen molar-refractivity contribution < 1.29 is 4.74 Å². The Kier molecular flexibility index (Phi) is 5.42. The summed E-state index contributed by atoms with van der Waals surface area (Å²) < 4.78 is 5.67. The first-order valence-electron chi connectivity index (χ1n) is 5.91. The molecule has 86 valence electrons. The van der Waals surface area contributed by atoms with Crippen LogP contribution < -0.4 is 4.74 Å². The summed E-state index contributed by atoms with van der Waals surface area (Å²) in [6.07, 6.45) is 4.85. The molecule has 0 saturated carbocycles. The minimum absolute atomic E-state index is 0.691. The summed E-state index contributed by atoms with van der Waals surface area (Å²) in [6, 6.07) is 7.67. The standard InChI is InChI=1S/C14H19NO/c1-3-4-5-6-9-16-14-8-7-13(11-15)10-12(14)2/h7-8,10H,3-6,9H2,1-2H3. The van der Waals surface area contributed by atoms with E-state index in [4.69, 9.17) is 10.00 Å². The van der Waals surface area contributed by atoms with Crippen molar-refractivity contribution in [3.8, 4) is 11.8 Å². The molecule has 16 heavy (non-hydrogen) atoms. The second kappa shape index (κ2) is 6.90. The molecule has 0 bridgehead atoms. The van der Waals surface area contributed by atoms with E-state index in [0.29, 0.717) is 5.56 Å².